The molecule has 0 radical (unpaired) electrons. The first-order valence-corrected chi connectivity index (χ1v) is 7.55. The van der Waals surface area contributed by atoms with Crippen LogP contribution >= 0.6 is 11.6 Å². The van der Waals surface area contributed by atoms with Crippen LogP contribution in [0.1, 0.15) is 20.7 Å². The molecule has 1 N–H and O–H groups in total. The summed E-state index contributed by atoms with van der Waals surface area (Å²) in [5, 5.41) is 3.62. The first-order valence-electron chi connectivity index (χ1n) is 7.17. The summed E-state index contributed by atoms with van der Waals surface area (Å²) in [6.07, 6.45) is 1.35. The van der Waals surface area contributed by atoms with E-state index in [9.17, 15) is 9.59 Å². The Balaban J connectivity index is 2.01. The van der Waals surface area contributed by atoms with Crippen LogP contribution in [0, 0.1) is 0 Å². The molecule has 6 heteroatoms. The number of pyridine rings is 1. The molecule has 5 nitrogen and oxygen atoms in total. The number of nitrogens with one attached hydrogen (secondary N) is 1. The summed E-state index contributed by atoms with van der Waals surface area (Å²) in [6, 6.07) is 14.0. The maximum absolute atomic E-state index is 12.0. The van der Waals surface area contributed by atoms with Gasteiger partial charge >= 0.3 is 0 Å². The fourth-order valence-corrected chi connectivity index (χ4v) is 2.48. The van der Waals surface area contributed by atoms with E-state index in [1.54, 1.807) is 43.4 Å². The van der Waals surface area contributed by atoms with Gasteiger partial charge in [0.05, 0.1) is 5.56 Å². The van der Waals surface area contributed by atoms with Gasteiger partial charge in [-0.3, -0.25) is 9.59 Å². The third-order valence-electron chi connectivity index (χ3n) is 3.53. The van der Waals surface area contributed by atoms with Gasteiger partial charge in [0.25, 0.3) is 11.1 Å². The lowest BCUT2D eigenvalue weighted by atomic mass is 10.0. The van der Waals surface area contributed by atoms with Crippen molar-refractivity contribution < 1.29 is 14.3 Å². The number of hydrogen-bond acceptors (Lipinski definition) is 4. The van der Waals surface area contributed by atoms with Gasteiger partial charge in [-0.15, -0.1) is 0 Å². The second-order valence-corrected chi connectivity index (χ2v) is 5.34. The molecular weight excluding hydrogens is 328 g/mol. The van der Waals surface area contributed by atoms with E-state index < -0.39 is 5.24 Å². The highest BCUT2D eigenvalue weighted by Gasteiger charge is 2.12. The number of amides is 1. The second kappa shape index (κ2) is 6.68. The van der Waals surface area contributed by atoms with E-state index >= 15 is 0 Å². The molecule has 0 unspecified atom stereocenters. The van der Waals surface area contributed by atoms with Crippen molar-refractivity contribution in [3.8, 4) is 11.6 Å². The molecule has 1 amide bonds. The zero-order valence-corrected chi connectivity index (χ0v) is 13.5. The molecule has 0 aliphatic carbocycles. The van der Waals surface area contributed by atoms with Crippen molar-refractivity contribution in [3.63, 3.8) is 0 Å². The molecule has 1 aromatic heterocycles. The predicted octanol–water partition coefficient (Wildman–Crippen LogP) is 3.77. The van der Waals surface area contributed by atoms with E-state index in [1.165, 1.54) is 6.20 Å². The Morgan fingerprint density at radius 2 is 1.79 bits per heavy atom. The Labute approximate surface area is 143 Å². The molecule has 1 heterocycles. The molecule has 3 aromatic rings. The summed E-state index contributed by atoms with van der Waals surface area (Å²) >= 11 is 5.40. The van der Waals surface area contributed by atoms with Crippen molar-refractivity contribution in [1.82, 2.24) is 10.3 Å². The van der Waals surface area contributed by atoms with Gasteiger partial charge in [-0.25, -0.2) is 4.98 Å². The minimum absolute atomic E-state index is 0.166. The predicted molar refractivity (Wildman–Crippen MR) is 91.8 cm³/mol. The van der Waals surface area contributed by atoms with Crippen molar-refractivity contribution in [2.45, 2.75) is 0 Å². The number of nitrogens with zero attached hydrogens (tertiary/aromatic N) is 1. The first-order chi connectivity index (χ1) is 11.6. The normalized spacial score (nSPS) is 10.4. The largest absolute Gasteiger partial charge is 0.438 e. The molecule has 0 fully saturated rings. The first kappa shape index (κ1) is 16.0. The summed E-state index contributed by atoms with van der Waals surface area (Å²) in [4.78, 5) is 27.1. The Hall–Kier alpha value is -2.92. The van der Waals surface area contributed by atoms with Crippen LogP contribution < -0.4 is 10.1 Å². The van der Waals surface area contributed by atoms with Gasteiger partial charge in [0.1, 0.15) is 5.75 Å². The summed E-state index contributed by atoms with van der Waals surface area (Å²) in [6.45, 7) is 0. The number of benzene rings is 2. The standard InChI is InChI=1S/C18H13ClN2O3/c1-20-18(23)14-6-2-5-13-12(14)4-3-7-15(13)24-16-9-8-11(10-21-16)17(19)22/h2-10H,1H3,(H,20,23). The van der Waals surface area contributed by atoms with Gasteiger partial charge in [-0.1, -0.05) is 24.3 Å². The van der Waals surface area contributed by atoms with Gasteiger partial charge in [0, 0.05) is 30.3 Å². The molecule has 0 spiro atoms. The van der Waals surface area contributed by atoms with Gasteiger partial charge in [-0.2, -0.15) is 0 Å². The maximum Gasteiger partial charge on any atom is 0.253 e. The van der Waals surface area contributed by atoms with Crippen LogP contribution in [0.25, 0.3) is 10.8 Å². The number of ether oxygens (including phenoxy) is 1. The lowest BCUT2D eigenvalue weighted by Gasteiger charge is -2.10. The van der Waals surface area contributed by atoms with Crippen molar-refractivity contribution in [1.29, 1.82) is 0 Å². The molecule has 0 saturated carbocycles. The van der Waals surface area contributed by atoms with Crippen LogP contribution in [0.2, 0.25) is 0 Å². The Morgan fingerprint density at radius 3 is 2.46 bits per heavy atom. The van der Waals surface area contributed by atoms with Crippen molar-refractivity contribution in [2.75, 3.05) is 7.05 Å². The molecule has 2 aromatic carbocycles. The highest BCUT2D eigenvalue weighted by Crippen LogP contribution is 2.31. The molecular formula is C18H13ClN2O3. The monoisotopic (exact) mass is 340 g/mol. The van der Waals surface area contributed by atoms with Gasteiger partial charge in [-0.05, 0) is 35.2 Å². The third kappa shape index (κ3) is 3.07. The van der Waals surface area contributed by atoms with Crippen LogP contribution in [0.5, 0.6) is 11.6 Å². The average molecular weight is 341 g/mol. The van der Waals surface area contributed by atoms with Gasteiger partial charge in [0.15, 0.2) is 0 Å². The van der Waals surface area contributed by atoms with E-state index in [-0.39, 0.29) is 5.91 Å². The zero-order chi connectivity index (χ0) is 17.1. The summed E-state index contributed by atoms with van der Waals surface area (Å²) in [5.41, 5.74) is 0.861. The maximum atomic E-state index is 12.0. The zero-order valence-electron chi connectivity index (χ0n) is 12.7. The fraction of sp³-hybridized carbons (Fsp3) is 0.0556. The number of fused-ring (bicyclic) bond motifs is 1. The summed E-state index contributed by atoms with van der Waals surface area (Å²) < 4.78 is 5.80. The topological polar surface area (TPSA) is 68.3 Å². The lowest BCUT2D eigenvalue weighted by molar-refractivity contribution is 0.0964. The minimum atomic E-state index is -0.575. The number of carbonyl (C=O) groups excluding carboxylic acids is 2. The van der Waals surface area contributed by atoms with Gasteiger partial charge < -0.3 is 10.1 Å². The molecule has 3 rings (SSSR count). The van der Waals surface area contributed by atoms with E-state index in [0.717, 1.165) is 10.8 Å². The number of carbonyl (C=O) groups is 2. The Kier molecular flexibility index (Phi) is 4.44. The molecule has 0 aliphatic heterocycles. The quantitative estimate of drug-likeness (QED) is 0.734. The second-order valence-electron chi connectivity index (χ2n) is 5.00. The number of rotatable bonds is 4. The Bertz CT molecular complexity index is 923. The van der Waals surface area contributed by atoms with Crippen LogP contribution in [-0.2, 0) is 0 Å². The van der Waals surface area contributed by atoms with Crippen LogP contribution in [0.3, 0.4) is 0 Å². The molecule has 24 heavy (non-hydrogen) atoms. The minimum Gasteiger partial charge on any atom is -0.438 e. The summed E-state index contributed by atoms with van der Waals surface area (Å²) in [7, 11) is 1.59. The van der Waals surface area contributed by atoms with Crippen LogP contribution in [-0.4, -0.2) is 23.2 Å². The SMILES string of the molecule is CNC(=O)c1cccc2c(Oc3ccc(C(=O)Cl)cn3)cccc12. The van der Waals surface area contributed by atoms with Crippen molar-refractivity contribution in [3.05, 3.63) is 65.9 Å². The number of hydrogen-bond donors (Lipinski definition) is 1. The van der Waals surface area contributed by atoms with E-state index in [1.807, 2.05) is 12.1 Å². The van der Waals surface area contributed by atoms with E-state index in [2.05, 4.69) is 10.3 Å². The van der Waals surface area contributed by atoms with Crippen LogP contribution in [0.4, 0.5) is 0 Å². The molecule has 0 atom stereocenters. The molecule has 0 saturated heterocycles. The van der Waals surface area contributed by atoms with E-state index in [4.69, 9.17) is 16.3 Å². The fourth-order valence-electron chi connectivity index (χ4n) is 2.37. The molecule has 0 bridgehead atoms. The lowest BCUT2D eigenvalue weighted by Crippen LogP contribution is -2.17. The smallest absolute Gasteiger partial charge is 0.253 e. The number of aromatic nitrogens is 1. The highest BCUT2D eigenvalue weighted by molar-refractivity contribution is 6.67. The Morgan fingerprint density at radius 1 is 1.04 bits per heavy atom. The third-order valence-corrected chi connectivity index (χ3v) is 3.75. The molecule has 0 aliphatic rings. The highest BCUT2D eigenvalue weighted by atomic mass is 35.5. The summed E-state index contributed by atoms with van der Waals surface area (Å²) in [5.74, 6) is 0.728. The van der Waals surface area contributed by atoms with Crippen LogP contribution in [0.15, 0.2) is 54.7 Å². The molecule has 120 valence electrons. The average Bonchev–Trinajstić information content (AvgIpc) is 2.61. The van der Waals surface area contributed by atoms with Crippen molar-refractivity contribution in [2.24, 2.45) is 0 Å². The number of halogens is 1. The van der Waals surface area contributed by atoms with E-state index in [0.29, 0.717) is 22.8 Å². The van der Waals surface area contributed by atoms with Gasteiger partial charge in [0.2, 0.25) is 5.88 Å². The van der Waals surface area contributed by atoms with Crippen molar-refractivity contribution >= 4 is 33.5 Å².